The summed E-state index contributed by atoms with van der Waals surface area (Å²) in [5.41, 5.74) is -0.647. The highest BCUT2D eigenvalue weighted by Gasteiger charge is 2.38. The van der Waals surface area contributed by atoms with Gasteiger partial charge in [0.1, 0.15) is 0 Å². The van der Waals surface area contributed by atoms with E-state index in [0.29, 0.717) is 6.42 Å². The lowest BCUT2D eigenvalue weighted by atomic mass is 10.0. The zero-order valence-corrected chi connectivity index (χ0v) is 14.4. The van der Waals surface area contributed by atoms with Crippen molar-refractivity contribution in [3.05, 3.63) is 35.4 Å². The van der Waals surface area contributed by atoms with E-state index in [2.05, 4.69) is 0 Å². The van der Waals surface area contributed by atoms with Gasteiger partial charge >= 0.3 is 6.18 Å². The van der Waals surface area contributed by atoms with Gasteiger partial charge in [-0.05, 0) is 36.8 Å². The number of nitrogens with zero attached hydrogens (tertiary/aromatic N) is 1. The van der Waals surface area contributed by atoms with E-state index < -0.39 is 21.6 Å². The Morgan fingerprint density at radius 1 is 1.16 bits per heavy atom. The highest BCUT2D eigenvalue weighted by molar-refractivity contribution is 7.91. The van der Waals surface area contributed by atoms with Crippen LogP contribution in [0.25, 0.3) is 0 Å². The highest BCUT2D eigenvalue weighted by atomic mass is 32.2. The maximum absolute atomic E-state index is 13.2. The lowest BCUT2D eigenvalue weighted by Gasteiger charge is -2.25. The normalized spacial score (nSPS) is 22.8. The minimum atomic E-state index is -4.46. The van der Waals surface area contributed by atoms with Gasteiger partial charge in [0.05, 0.1) is 17.1 Å². The van der Waals surface area contributed by atoms with E-state index in [9.17, 15) is 26.4 Å². The third kappa shape index (κ3) is 4.54. The van der Waals surface area contributed by atoms with Crippen LogP contribution in [0.3, 0.4) is 0 Å². The van der Waals surface area contributed by atoms with E-state index in [0.717, 1.165) is 18.9 Å². The topological polar surface area (TPSA) is 54.5 Å². The molecule has 0 spiro atoms. The predicted molar refractivity (Wildman–Crippen MR) is 86.4 cm³/mol. The number of halogens is 3. The molecule has 1 aromatic rings. The van der Waals surface area contributed by atoms with Gasteiger partial charge < -0.3 is 4.90 Å². The van der Waals surface area contributed by atoms with E-state index in [1.165, 1.54) is 23.1 Å². The second-order valence-corrected chi connectivity index (χ2v) is 9.11. The smallest absolute Gasteiger partial charge is 0.335 e. The number of rotatable bonds is 5. The average Bonchev–Trinajstić information content (AvgIpc) is 3.29. The molecule has 3 rings (SSSR count). The third-order valence-electron chi connectivity index (χ3n) is 4.76. The molecule has 2 aliphatic rings. The molecule has 1 unspecified atom stereocenters. The Labute approximate surface area is 144 Å². The van der Waals surface area contributed by atoms with Gasteiger partial charge in [0.15, 0.2) is 9.84 Å². The van der Waals surface area contributed by atoms with Crippen molar-refractivity contribution >= 4 is 15.7 Å². The van der Waals surface area contributed by atoms with Crippen molar-refractivity contribution in [2.75, 3.05) is 11.5 Å². The zero-order chi connectivity index (χ0) is 18.2. The monoisotopic (exact) mass is 375 g/mol. The molecule has 25 heavy (non-hydrogen) atoms. The van der Waals surface area contributed by atoms with Crippen LogP contribution >= 0.6 is 0 Å². The predicted octanol–water partition coefficient (Wildman–Crippen LogP) is 3.02. The van der Waals surface area contributed by atoms with Crippen molar-refractivity contribution in [3.63, 3.8) is 0 Å². The van der Waals surface area contributed by atoms with E-state index >= 15 is 0 Å². The molecule has 1 aromatic carbocycles. The lowest BCUT2D eigenvalue weighted by Crippen LogP contribution is -2.34. The first-order chi connectivity index (χ1) is 11.7. The Hall–Kier alpha value is -1.57. The number of benzene rings is 1. The number of carbonyl (C=O) groups is 1. The number of alkyl halides is 3. The van der Waals surface area contributed by atoms with Gasteiger partial charge in [0.2, 0.25) is 5.91 Å². The zero-order valence-electron chi connectivity index (χ0n) is 13.6. The number of hydrogen-bond acceptors (Lipinski definition) is 3. The van der Waals surface area contributed by atoms with Gasteiger partial charge in [-0.25, -0.2) is 8.42 Å². The Morgan fingerprint density at radius 3 is 2.40 bits per heavy atom. The molecule has 1 saturated heterocycles. The van der Waals surface area contributed by atoms with E-state index in [4.69, 9.17) is 0 Å². The Balaban J connectivity index is 1.74. The van der Waals surface area contributed by atoms with Crippen LogP contribution in [0.15, 0.2) is 24.3 Å². The van der Waals surface area contributed by atoms with Crippen molar-refractivity contribution in [1.29, 1.82) is 0 Å². The summed E-state index contributed by atoms with van der Waals surface area (Å²) in [5.74, 6) is -0.389. The summed E-state index contributed by atoms with van der Waals surface area (Å²) in [5, 5.41) is 0. The molecule has 1 saturated carbocycles. The van der Waals surface area contributed by atoms with Crippen LogP contribution in [0.5, 0.6) is 0 Å². The second kappa shape index (κ2) is 6.63. The third-order valence-corrected chi connectivity index (χ3v) is 6.60. The summed E-state index contributed by atoms with van der Waals surface area (Å²) < 4.78 is 62.5. The van der Waals surface area contributed by atoms with Crippen LogP contribution in [0.4, 0.5) is 13.2 Å². The molecule has 138 valence electrons. The first kappa shape index (κ1) is 18.2. The summed E-state index contributed by atoms with van der Waals surface area (Å²) in [7, 11) is -3.08. The van der Waals surface area contributed by atoms with Crippen molar-refractivity contribution in [2.45, 2.75) is 44.4 Å². The maximum Gasteiger partial charge on any atom is 0.416 e. The number of carbonyl (C=O) groups excluding carboxylic acids is 1. The molecule has 1 amide bonds. The summed E-state index contributed by atoms with van der Waals surface area (Å²) in [6.07, 6.45) is -2.37. The fourth-order valence-corrected chi connectivity index (χ4v) is 5.18. The molecule has 2 fully saturated rings. The summed E-state index contributed by atoms with van der Waals surface area (Å²) >= 11 is 0. The Morgan fingerprint density at radius 2 is 1.84 bits per heavy atom. The van der Waals surface area contributed by atoms with Gasteiger partial charge in [-0.1, -0.05) is 18.2 Å². The Bertz CT molecular complexity index is 757. The van der Waals surface area contributed by atoms with Gasteiger partial charge in [0, 0.05) is 19.0 Å². The average molecular weight is 375 g/mol. The lowest BCUT2D eigenvalue weighted by molar-refractivity contribution is -0.140. The van der Waals surface area contributed by atoms with E-state index in [1.807, 2.05) is 0 Å². The fourth-order valence-electron chi connectivity index (χ4n) is 3.32. The van der Waals surface area contributed by atoms with Gasteiger partial charge in [-0.3, -0.25) is 4.79 Å². The van der Waals surface area contributed by atoms with Crippen LogP contribution in [-0.2, 0) is 27.4 Å². The van der Waals surface area contributed by atoms with Gasteiger partial charge in [0.25, 0.3) is 0 Å². The highest BCUT2D eigenvalue weighted by Crippen LogP contribution is 2.35. The van der Waals surface area contributed by atoms with Crippen LogP contribution in [0, 0.1) is 5.92 Å². The van der Waals surface area contributed by atoms with Crippen LogP contribution in [0.2, 0.25) is 0 Å². The van der Waals surface area contributed by atoms with E-state index in [-0.39, 0.29) is 47.9 Å². The maximum atomic E-state index is 13.2. The Kier molecular flexibility index (Phi) is 4.83. The number of hydrogen-bond donors (Lipinski definition) is 0. The first-order valence-corrected chi connectivity index (χ1v) is 10.1. The van der Waals surface area contributed by atoms with Gasteiger partial charge in [-0.15, -0.1) is 0 Å². The summed E-state index contributed by atoms with van der Waals surface area (Å²) in [4.78, 5) is 14.1. The standard InChI is InChI=1S/C17H20F3NO3S/c18-17(19,20)15-4-2-1-3-13(15)10-21(14-5-6-14)16(22)9-12-7-8-25(23,24)11-12/h1-4,12,14H,5-11H2. The SMILES string of the molecule is O=C(CC1CCS(=O)(=O)C1)N(Cc1ccccc1C(F)(F)F)C1CC1. The molecule has 0 aromatic heterocycles. The summed E-state index contributed by atoms with van der Waals surface area (Å²) in [6, 6.07) is 5.24. The molecule has 1 aliphatic carbocycles. The molecular weight excluding hydrogens is 355 g/mol. The number of amides is 1. The van der Waals surface area contributed by atoms with Crippen LogP contribution < -0.4 is 0 Å². The van der Waals surface area contributed by atoms with Crippen molar-refractivity contribution in [1.82, 2.24) is 4.90 Å². The minimum absolute atomic E-state index is 0.00359. The molecule has 0 radical (unpaired) electrons. The van der Waals surface area contributed by atoms with E-state index in [1.54, 1.807) is 0 Å². The first-order valence-electron chi connectivity index (χ1n) is 8.31. The van der Waals surface area contributed by atoms with Crippen molar-refractivity contribution in [3.8, 4) is 0 Å². The number of sulfone groups is 1. The molecule has 0 N–H and O–H groups in total. The molecular formula is C17H20F3NO3S. The van der Waals surface area contributed by atoms with Gasteiger partial charge in [-0.2, -0.15) is 13.2 Å². The molecule has 8 heteroatoms. The molecule has 0 bridgehead atoms. The molecule has 1 heterocycles. The van der Waals surface area contributed by atoms with Crippen molar-refractivity contribution in [2.24, 2.45) is 5.92 Å². The van der Waals surface area contributed by atoms with Crippen LogP contribution in [-0.4, -0.2) is 36.8 Å². The minimum Gasteiger partial charge on any atom is -0.335 e. The molecule has 1 atom stereocenters. The van der Waals surface area contributed by atoms with Crippen molar-refractivity contribution < 1.29 is 26.4 Å². The molecule has 4 nitrogen and oxygen atoms in total. The quantitative estimate of drug-likeness (QED) is 0.795. The largest absolute Gasteiger partial charge is 0.416 e. The summed E-state index contributed by atoms with van der Waals surface area (Å²) in [6.45, 7) is -0.0847. The molecule has 1 aliphatic heterocycles. The second-order valence-electron chi connectivity index (χ2n) is 6.88. The fraction of sp³-hybridized carbons (Fsp3) is 0.588. The van der Waals surface area contributed by atoms with Crippen LogP contribution in [0.1, 0.15) is 36.8 Å².